The summed E-state index contributed by atoms with van der Waals surface area (Å²) in [5.74, 6) is 1.01. The predicted octanol–water partition coefficient (Wildman–Crippen LogP) is 1.01. The van der Waals surface area contributed by atoms with Gasteiger partial charge in [0.05, 0.1) is 12.8 Å². The summed E-state index contributed by atoms with van der Waals surface area (Å²) in [6, 6.07) is 4.61. The second kappa shape index (κ2) is 6.19. The Morgan fingerprint density at radius 3 is 3.06 bits per heavy atom. The van der Waals surface area contributed by atoms with Crippen molar-refractivity contribution in [2.24, 2.45) is 0 Å². The lowest BCUT2D eigenvalue weighted by Crippen LogP contribution is -2.51. The SMILES string of the molecule is CC1CN(CCNCc2ccco2)CCN1C. The Labute approximate surface area is 104 Å². The monoisotopic (exact) mass is 237 g/mol. The van der Waals surface area contributed by atoms with E-state index in [4.69, 9.17) is 4.42 Å². The molecule has 2 heterocycles. The summed E-state index contributed by atoms with van der Waals surface area (Å²) < 4.78 is 5.27. The Balaban J connectivity index is 1.59. The van der Waals surface area contributed by atoms with Gasteiger partial charge in [-0.1, -0.05) is 0 Å². The molecule has 17 heavy (non-hydrogen) atoms. The van der Waals surface area contributed by atoms with E-state index in [-0.39, 0.29) is 0 Å². The molecule has 1 aromatic rings. The highest BCUT2D eigenvalue weighted by molar-refractivity contribution is 4.97. The fourth-order valence-corrected chi connectivity index (χ4v) is 2.19. The highest BCUT2D eigenvalue weighted by Crippen LogP contribution is 2.05. The Morgan fingerprint density at radius 1 is 1.47 bits per heavy atom. The van der Waals surface area contributed by atoms with Crippen molar-refractivity contribution in [3.8, 4) is 0 Å². The summed E-state index contributed by atoms with van der Waals surface area (Å²) in [5, 5.41) is 3.41. The van der Waals surface area contributed by atoms with Gasteiger partial charge in [0.2, 0.25) is 0 Å². The Morgan fingerprint density at radius 2 is 2.35 bits per heavy atom. The van der Waals surface area contributed by atoms with E-state index in [2.05, 4.69) is 29.1 Å². The van der Waals surface area contributed by atoms with Crippen molar-refractivity contribution in [2.75, 3.05) is 39.8 Å². The van der Waals surface area contributed by atoms with Crippen molar-refractivity contribution in [1.82, 2.24) is 15.1 Å². The standard InChI is InChI=1S/C13H23N3O/c1-12-11-16(8-7-15(12)2)6-5-14-10-13-4-3-9-17-13/h3-4,9,12,14H,5-8,10-11H2,1-2H3. The molecule has 1 atom stereocenters. The van der Waals surface area contributed by atoms with Gasteiger partial charge in [0.15, 0.2) is 0 Å². The molecule has 96 valence electrons. The maximum absolute atomic E-state index is 5.27. The molecule has 0 aromatic carbocycles. The molecular weight excluding hydrogens is 214 g/mol. The van der Waals surface area contributed by atoms with Gasteiger partial charge in [-0.3, -0.25) is 4.90 Å². The van der Waals surface area contributed by atoms with E-state index in [1.807, 2.05) is 12.1 Å². The number of rotatable bonds is 5. The molecule has 1 aliphatic rings. The molecule has 2 rings (SSSR count). The number of nitrogens with one attached hydrogen (secondary N) is 1. The lowest BCUT2D eigenvalue weighted by atomic mass is 10.2. The summed E-state index contributed by atoms with van der Waals surface area (Å²) in [4.78, 5) is 4.95. The molecule has 0 spiro atoms. The quantitative estimate of drug-likeness (QED) is 0.774. The van der Waals surface area contributed by atoms with E-state index >= 15 is 0 Å². The van der Waals surface area contributed by atoms with Crippen LogP contribution in [0.3, 0.4) is 0 Å². The molecular formula is C13H23N3O. The molecule has 0 bridgehead atoms. The molecule has 0 aliphatic carbocycles. The van der Waals surface area contributed by atoms with Crippen LogP contribution < -0.4 is 5.32 Å². The van der Waals surface area contributed by atoms with Crippen LogP contribution in [0.1, 0.15) is 12.7 Å². The van der Waals surface area contributed by atoms with Crippen LogP contribution in [0.2, 0.25) is 0 Å². The van der Waals surface area contributed by atoms with Crippen molar-refractivity contribution in [1.29, 1.82) is 0 Å². The predicted molar refractivity (Wildman–Crippen MR) is 68.9 cm³/mol. The number of hydrogen-bond acceptors (Lipinski definition) is 4. The van der Waals surface area contributed by atoms with Gasteiger partial charge in [-0.2, -0.15) is 0 Å². The second-order valence-corrected chi connectivity index (χ2v) is 4.89. The first-order valence-corrected chi connectivity index (χ1v) is 6.41. The molecule has 1 fully saturated rings. The van der Waals surface area contributed by atoms with Gasteiger partial charge >= 0.3 is 0 Å². The number of piperazine rings is 1. The molecule has 4 nitrogen and oxygen atoms in total. The minimum Gasteiger partial charge on any atom is -0.468 e. The number of nitrogens with zero attached hydrogens (tertiary/aromatic N) is 2. The van der Waals surface area contributed by atoms with Crippen LogP contribution >= 0.6 is 0 Å². The Hall–Kier alpha value is -0.840. The van der Waals surface area contributed by atoms with Crippen LogP contribution in [0.4, 0.5) is 0 Å². The largest absolute Gasteiger partial charge is 0.468 e. The zero-order chi connectivity index (χ0) is 12.1. The van der Waals surface area contributed by atoms with Crippen LogP contribution in [0.5, 0.6) is 0 Å². The van der Waals surface area contributed by atoms with E-state index < -0.39 is 0 Å². The summed E-state index contributed by atoms with van der Waals surface area (Å²) in [7, 11) is 2.21. The highest BCUT2D eigenvalue weighted by atomic mass is 16.3. The number of likely N-dealkylation sites (N-methyl/N-ethyl adjacent to an activating group) is 1. The molecule has 4 heteroatoms. The van der Waals surface area contributed by atoms with Crippen molar-refractivity contribution in [3.05, 3.63) is 24.2 Å². The van der Waals surface area contributed by atoms with Crippen molar-refractivity contribution < 1.29 is 4.42 Å². The van der Waals surface area contributed by atoms with Crippen LogP contribution in [0.15, 0.2) is 22.8 Å². The van der Waals surface area contributed by atoms with E-state index in [9.17, 15) is 0 Å². The Bertz CT molecular complexity index is 312. The first-order valence-electron chi connectivity index (χ1n) is 6.41. The summed E-state index contributed by atoms with van der Waals surface area (Å²) in [6.45, 7) is 8.82. The average molecular weight is 237 g/mol. The third kappa shape index (κ3) is 3.84. The minimum atomic E-state index is 0.675. The zero-order valence-corrected chi connectivity index (χ0v) is 10.9. The van der Waals surface area contributed by atoms with Gasteiger partial charge in [0, 0.05) is 38.8 Å². The van der Waals surface area contributed by atoms with Crippen LogP contribution in [-0.2, 0) is 6.54 Å². The maximum atomic E-state index is 5.27. The van der Waals surface area contributed by atoms with Gasteiger partial charge in [-0.05, 0) is 26.1 Å². The molecule has 1 saturated heterocycles. The molecule has 0 saturated carbocycles. The molecule has 0 radical (unpaired) electrons. The second-order valence-electron chi connectivity index (χ2n) is 4.89. The van der Waals surface area contributed by atoms with Gasteiger partial charge in [-0.15, -0.1) is 0 Å². The molecule has 0 amide bonds. The normalized spacial score (nSPS) is 23.1. The average Bonchev–Trinajstić information content (AvgIpc) is 2.82. The van der Waals surface area contributed by atoms with Crippen molar-refractivity contribution in [3.63, 3.8) is 0 Å². The highest BCUT2D eigenvalue weighted by Gasteiger charge is 2.19. The van der Waals surface area contributed by atoms with Crippen LogP contribution in [0, 0.1) is 0 Å². The summed E-state index contributed by atoms with van der Waals surface area (Å²) >= 11 is 0. The molecule has 1 N–H and O–H groups in total. The van der Waals surface area contributed by atoms with Gasteiger partial charge < -0.3 is 14.6 Å². The van der Waals surface area contributed by atoms with Gasteiger partial charge in [0.1, 0.15) is 5.76 Å². The zero-order valence-electron chi connectivity index (χ0n) is 10.9. The lowest BCUT2D eigenvalue weighted by molar-refractivity contribution is 0.106. The van der Waals surface area contributed by atoms with Crippen LogP contribution in [0.25, 0.3) is 0 Å². The van der Waals surface area contributed by atoms with Crippen molar-refractivity contribution in [2.45, 2.75) is 19.5 Å². The lowest BCUT2D eigenvalue weighted by Gasteiger charge is -2.37. The summed E-state index contributed by atoms with van der Waals surface area (Å²) in [5.41, 5.74) is 0. The third-order valence-corrected chi connectivity index (χ3v) is 3.53. The number of furan rings is 1. The van der Waals surface area contributed by atoms with E-state index in [0.29, 0.717) is 6.04 Å². The third-order valence-electron chi connectivity index (χ3n) is 3.53. The minimum absolute atomic E-state index is 0.675. The molecule has 1 aliphatic heterocycles. The fraction of sp³-hybridized carbons (Fsp3) is 0.692. The van der Waals surface area contributed by atoms with Crippen molar-refractivity contribution >= 4 is 0 Å². The smallest absolute Gasteiger partial charge is 0.117 e. The van der Waals surface area contributed by atoms with Gasteiger partial charge in [-0.25, -0.2) is 0 Å². The van der Waals surface area contributed by atoms with Crippen LogP contribution in [-0.4, -0.2) is 55.6 Å². The van der Waals surface area contributed by atoms with E-state index in [0.717, 1.165) is 25.4 Å². The summed E-state index contributed by atoms with van der Waals surface area (Å²) in [6.07, 6.45) is 1.72. The maximum Gasteiger partial charge on any atom is 0.117 e. The Kier molecular flexibility index (Phi) is 4.59. The first-order chi connectivity index (χ1) is 8.25. The fourth-order valence-electron chi connectivity index (χ4n) is 2.19. The van der Waals surface area contributed by atoms with E-state index in [1.165, 1.54) is 19.6 Å². The number of hydrogen-bond donors (Lipinski definition) is 1. The molecule has 1 unspecified atom stereocenters. The van der Waals surface area contributed by atoms with Gasteiger partial charge in [0.25, 0.3) is 0 Å². The van der Waals surface area contributed by atoms with E-state index in [1.54, 1.807) is 6.26 Å². The first kappa shape index (κ1) is 12.6. The topological polar surface area (TPSA) is 31.6 Å². The molecule has 1 aromatic heterocycles.